The number of hydrogen-bond acceptors (Lipinski definition) is 7. The highest BCUT2D eigenvalue weighted by molar-refractivity contribution is 5.87. The highest BCUT2D eigenvalue weighted by atomic mass is 15.3. The molecule has 0 atom stereocenters. The van der Waals surface area contributed by atoms with Gasteiger partial charge in [-0.15, -0.1) is 0 Å². The van der Waals surface area contributed by atoms with Crippen LogP contribution in [-0.4, -0.2) is 24.9 Å². The number of hydrogen-bond donors (Lipinski definition) is 0. The second-order valence-electron chi connectivity index (χ2n) is 17.4. The standard InChI is InChI=1S/C61H51N7/c1-40-35-42(3)56(43(4)36-40)68(57-44(5)37-41(2)38-45(57)6)51-33-31-50(32-34-51)67(55-39-54(47-23-13-8-14-24-47)62-58(63-55)48-25-15-9-16-26-48)61-65-59(49-27-17-10-18-28-49)64-60(66-61)53-30-20-19-29-52(53)46-21-11-7-12-22-46/h7-39H,1-6H3. The van der Waals surface area contributed by atoms with Crippen molar-refractivity contribution in [2.45, 2.75) is 41.5 Å². The van der Waals surface area contributed by atoms with E-state index >= 15 is 0 Å². The fourth-order valence-electron chi connectivity index (χ4n) is 9.39. The molecule has 0 saturated heterocycles. The van der Waals surface area contributed by atoms with Crippen molar-refractivity contribution in [2.24, 2.45) is 0 Å². The maximum Gasteiger partial charge on any atom is 0.239 e. The van der Waals surface area contributed by atoms with Gasteiger partial charge in [-0.2, -0.15) is 9.97 Å². The lowest BCUT2D eigenvalue weighted by Gasteiger charge is -2.32. The minimum Gasteiger partial charge on any atom is -0.309 e. The maximum atomic E-state index is 5.42. The molecule has 0 aliphatic rings. The molecule has 0 aliphatic heterocycles. The van der Waals surface area contributed by atoms with Gasteiger partial charge in [-0.05, 0) is 99.2 Å². The third-order valence-corrected chi connectivity index (χ3v) is 12.2. The van der Waals surface area contributed by atoms with Crippen LogP contribution >= 0.6 is 0 Å². The first-order chi connectivity index (χ1) is 33.2. The molecule has 2 aromatic heterocycles. The van der Waals surface area contributed by atoms with Crippen LogP contribution in [0.25, 0.3) is 56.5 Å². The monoisotopic (exact) mass is 881 g/mol. The fraction of sp³-hybridized carbons (Fsp3) is 0.0984. The number of nitrogens with zero attached hydrogens (tertiary/aromatic N) is 7. The van der Waals surface area contributed by atoms with Crippen molar-refractivity contribution in [1.29, 1.82) is 0 Å². The van der Waals surface area contributed by atoms with Crippen molar-refractivity contribution in [3.63, 3.8) is 0 Å². The lowest BCUT2D eigenvalue weighted by atomic mass is 9.98. The van der Waals surface area contributed by atoms with E-state index in [-0.39, 0.29) is 0 Å². The molecule has 7 heteroatoms. The number of aryl methyl sites for hydroxylation is 6. The molecule has 0 spiro atoms. The van der Waals surface area contributed by atoms with E-state index in [0.717, 1.165) is 61.8 Å². The molecule has 10 rings (SSSR count). The number of anilines is 6. The molecule has 2 heterocycles. The van der Waals surface area contributed by atoms with Crippen LogP contribution in [0.5, 0.6) is 0 Å². The van der Waals surface area contributed by atoms with Crippen LogP contribution in [0.3, 0.4) is 0 Å². The lowest BCUT2D eigenvalue weighted by molar-refractivity contribution is 1.00. The van der Waals surface area contributed by atoms with E-state index in [1.165, 1.54) is 33.4 Å². The highest BCUT2D eigenvalue weighted by Gasteiger charge is 2.26. The van der Waals surface area contributed by atoms with Crippen molar-refractivity contribution in [1.82, 2.24) is 24.9 Å². The van der Waals surface area contributed by atoms with Crippen molar-refractivity contribution in [2.75, 3.05) is 9.80 Å². The summed E-state index contributed by atoms with van der Waals surface area (Å²) in [6.45, 7) is 13.2. The van der Waals surface area contributed by atoms with Crippen LogP contribution < -0.4 is 9.80 Å². The van der Waals surface area contributed by atoms with Gasteiger partial charge in [0.05, 0.1) is 22.8 Å². The van der Waals surface area contributed by atoms with Gasteiger partial charge in [0, 0.05) is 34.0 Å². The van der Waals surface area contributed by atoms with Gasteiger partial charge in [0.1, 0.15) is 5.82 Å². The molecule has 0 unspecified atom stereocenters. The Hall–Kier alpha value is -8.55. The third kappa shape index (κ3) is 8.77. The van der Waals surface area contributed by atoms with Crippen molar-refractivity contribution < 1.29 is 0 Å². The topological polar surface area (TPSA) is 70.9 Å². The summed E-state index contributed by atoms with van der Waals surface area (Å²) in [5.74, 6) is 2.67. The average Bonchev–Trinajstić information content (AvgIpc) is 3.36. The van der Waals surface area contributed by atoms with Crippen molar-refractivity contribution in [3.05, 3.63) is 234 Å². The molecule has 0 fully saturated rings. The van der Waals surface area contributed by atoms with E-state index in [0.29, 0.717) is 29.2 Å². The Labute approximate surface area is 399 Å². The van der Waals surface area contributed by atoms with Gasteiger partial charge in [-0.1, -0.05) is 181 Å². The molecule has 0 aliphatic carbocycles. The molecular formula is C61H51N7. The zero-order chi connectivity index (χ0) is 46.7. The first-order valence-electron chi connectivity index (χ1n) is 23.0. The van der Waals surface area contributed by atoms with Gasteiger partial charge in [0.15, 0.2) is 17.5 Å². The zero-order valence-electron chi connectivity index (χ0n) is 39.2. The Morgan fingerprint density at radius 1 is 0.309 bits per heavy atom. The van der Waals surface area contributed by atoms with E-state index < -0.39 is 0 Å². The van der Waals surface area contributed by atoms with E-state index in [1.807, 2.05) is 102 Å². The summed E-state index contributed by atoms with van der Waals surface area (Å²) in [4.78, 5) is 31.0. The summed E-state index contributed by atoms with van der Waals surface area (Å²) in [5, 5.41) is 0. The van der Waals surface area contributed by atoms with Crippen LogP contribution in [0.2, 0.25) is 0 Å². The largest absolute Gasteiger partial charge is 0.309 e. The molecule has 7 nitrogen and oxygen atoms in total. The molecule has 0 bridgehead atoms. The fourth-order valence-corrected chi connectivity index (χ4v) is 9.39. The number of rotatable bonds is 11. The van der Waals surface area contributed by atoms with E-state index in [9.17, 15) is 0 Å². The Kier molecular flexibility index (Phi) is 11.9. The molecule has 68 heavy (non-hydrogen) atoms. The quantitative estimate of drug-likeness (QED) is 0.128. The average molecular weight is 882 g/mol. The predicted molar refractivity (Wildman–Crippen MR) is 280 cm³/mol. The first kappa shape index (κ1) is 43.3. The van der Waals surface area contributed by atoms with Gasteiger partial charge in [-0.25, -0.2) is 15.0 Å². The SMILES string of the molecule is Cc1cc(C)c(N(c2ccc(N(c3cc(-c4ccccc4)nc(-c4ccccc4)n3)c3nc(-c4ccccc4)nc(-c4ccccc4-c4ccccc4)n3)cc2)c2c(C)cc(C)cc2C)c(C)c1. The minimum atomic E-state index is 0.411. The summed E-state index contributed by atoms with van der Waals surface area (Å²) in [7, 11) is 0. The molecule has 10 aromatic rings. The highest BCUT2D eigenvalue weighted by Crippen LogP contribution is 2.45. The summed E-state index contributed by atoms with van der Waals surface area (Å²) >= 11 is 0. The predicted octanol–water partition coefficient (Wildman–Crippen LogP) is 15.8. The molecule has 0 radical (unpaired) electrons. The van der Waals surface area contributed by atoms with Crippen LogP contribution in [0.15, 0.2) is 200 Å². The summed E-state index contributed by atoms with van der Waals surface area (Å²) < 4.78 is 0. The summed E-state index contributed by atoms with van der Waals surface area (Å²) in [5.41, 5.74) is 17.9. The van der Waals surface area contributed by atoms with E-state index in [4.69, 9.17) is 24.9 Å². The van der Waals surface area contributed by atoms with Gasteiger partial charge in [0.2, 0.25) is 5.95 Å². The van der Waals surface area contributed by atoms with Gasteiger partial charge in [0.25, 0.3) is 0 Å². The van der Waals surface area contributed by atoms with Crippen LogP contribution in [0, 0.1) is 41.5 Å². The molecule has 0 amide bonds. The van der Waals surface area contributed by atoms with E-state index in [1.54, 1.807) is 0 Å². The molecule has 0 N–H and O–H groups in total. The molecule has 8 aromatic carbocycles. The van der Waals surface area contributed by atoms with Crippen LogP contribution in [0.1, 0.15) is 33.4 Å². The van der Waals surface area contributed by atoms with Crippen molar-refractivity contribution in [3.8, 4) is 56.5 Å². The summed E-state index contributed by atoms with van der Waals surface area (Å²) in [6, 6.07) is 68.9. The Balaban J connectivity index is 1.24. The Bertz CT molecular complexity index is 3230. The number of benzene rings is 8. The number of aromatic nitrogens is 5. The summed E-state index contributed by atoms with van der Waals surface area (Å²) in [6.07, 6.45) is 0. The van der Waals surface area contributed by atoms with E-state index in [2.05, 4.69) is 150 Å². The first-order valence-corrected chi connectivity index (χ1v) is 23.0. The maximum absolute atomic E-state index is 5.42. The molecular weight excluding hydrogens is 831 g/mol. The normalized spacial score (nSPS) is 11.1. The van der Waals surface area contributed by atoms with Gasteiger partial charge < -0.3 is 4.90 Å². The zero-order valence-corrected chi connectivity index (χ0v) is 39.2. The van der Waals surface area contributed by atoms with Gasteiger partial charge in [-0.3, -0.25) is 4.90 Å². The van der Waals surface area contributed by atoms with Gasteiger partial charge >= 0.3 is 0 Å². The van der Waals surface area contributed by atoms with Crippen LogP contribution in [-0.2, 0) is 0 Å². The smallest absolute Gasteiger partial charge is 0.239 e. The Morgan fingerprint density at radius 3 is 1.21 bits per heavy atom. The molecule has 330 valence electrons. The second kappa shape index (κ2) is 18.7. The minimum absolute atomic E-state index is 0.411. The molecule has 0 saturated carbocycles. The van der Waals surface area contributed by atoms with Crippen LogP contribution in [0.4, 0.5) is 34.5 Å². The second-order valence-corrected chi connectivity index (χ2v) is 17.4. The Morgan fingerprint density at radius 2 is 0.706 bits per heavy atom. The lowest BCUT2D eigenvalue weighted by Crippen LogP contribution is -2.18. The third-order valence-electron chi connectivity index (χ3n) is 12.2. The van der Waals surface area contributed by atoms with Crippen molar-refractivity contribution >= 4 is 34.5 Å².